The van der Waals surface area contributed by atoms with Crippen molar-refractivity contribution >= 4 is 34.4 Å². The number of carbonyl (C=O) groups excluding carboxylic acids is 1. The number of halogens is 1. The van der Waals surface area contributed by atoms with E-state index in [1.165, 1.54) is 0 Å². The lowest BCUT2D eigenvalue weighted by molar-refractivity contribution is -0.139. The first-order valence-electron chi connectivity index (χ1n) is 9.65. The van der Waals surface area contributed by atoms with E-state index in [-0.39, 0.29) is 6.42 Å². The minimum absolute atomic E-state index is 0.0905. The molecule has 3 rings (SSSR count). The quantitative estimate of drug-likeness (QED) is 0.509. The molecule has 0 aliphatic heterocycles. The number of ether oxygens (including phenoxy) is 2. The van der Waals surface area contributed by atoms with Crippen molar-refractivity contribution < 1.29 is 24.2 Å². The van der Waals surface area contributed by atoms with E-state index in [1.807, 2.05) is 24.3 Å². The third-order valence-corrected chi connectivity index (χ3v) is 4.43. The topological polar surface area (TPSA) is 97.8 Å². The molecule has 0 aliphatic rings. The number of amides is 1. The molecule has 1 heterocycles. The zero-order valence-corrected chi connectivity index (χ0v) is 18.1. The monoisotopic (exact) mass is 442 g/mol. The van der Waals surface area contributed by atoms with E-state index >= 15 is 0 Å². The van der Waals surface area contributed by atoms with Gasteiger partial charge in [-0.3, -0.25) is 0 Å². The Kier molecular flexibility index (Phi) is 6.65. The lowest BCUT2D eigenvalue weighted by Gasteiger charge is -2.22. The molecule has 31 heavy (non-hydrogen) atoms. The second-order valence-electron chi connectivity index (χ2n) is 7.96. The zero-order valence-electron chi connectivity index (χ0n) is 17.4. The molecule has 0 spiro atoms. The number of hydrogen-bond donors (Lipinski definition) is 2. The van der Waals surface area contributed by atoms with Crippen molar-refractivity contribution in [3.63, 3.8) is 0 Å². The maximum Gasteiger partial charge on any atom is 0.408 e. The van der Waals surface area contributed by atoms with Gasteiger partial charge in [0.1, 0.15) is 22.5 Å². The van der Waals surface area contributed by atoms with Crippen LogP contribution in [0.3, 0.4) is 0 Å². The Labute approximate surface area is 185 Å². The Hall–Kier alpha value is -3.32. The van der Waals surface area contributed by atoms with Crippen LogP contribution in [0.1, 0.15) is 26.3 Å². The van der Waals surface area contributed by atoms with Gasteiger partial charge >= 0.3 is 12.1 Å². The van der Waals surface area contributed by atoms with E-state index in [1.54, 1.807) is 51.1 Å². The number of alkyl carbamates (subject to hydrolysis) is 1. The summed E-state index contributed by atoms with van der Waals surface area (Å²) < 4.78 is 11.0. The fraction of sp³-hybridized carbons (Fsp3) is 0.261. The standard InChI is InChI=1S/C23H23ClN2O5/c1-23(2,3)31-22(29)25-18(21(27)28)12-14-8-10-16(11-9-14)30-20-17-7-5-4-6-15(17)13-19(24)26-20/h4-11,13,18H,12H2,1-3H3,(H,25,29)(H,27,28)/t18-/m0/s1. The fourth-order valence-electron chi connectivity index (χ4n) is 2.90. The predicted molar refractivity (Wildman–Crippen MR) is 118 cm³/mol. The first kappa shape index (κ1) is 22.4. The molecule has 2 N–H and O–H groups in total. The van der Waals surface area contributed by atoms with Gasteiger partial charge in [-0.15, -0.1) is 0 Å². The normalized spacial score (nSPS) is 12.3. The average molecular weight is 443 g/mol. The smallest absolute Gasteiger partial charge is 0.408 e. The molecule has 0 fully saturated rings. The van der Waals surface area contributed by atoms with E-state index < -0.39 is 23.7 Å². The highest BCUT2D eigenvalue weighted by atomic mass is 35.5. The molecule has 0 saturated heterocycles. The summed E-state index contributed by atoms with van der Waals surface area (Å²) >= 11 is 6.09. The van der Waals surface area contributed by atoms with Gasteiger partial charge in [0.2, 0.25) is 5.88 Å². The van der Waals surface area contributed by atoms with Crippen LogP contribution in [-0.4, -0.2) is 33.8 Å². The summed E-state index contributed by atoms with van der Waals surface area (Å²) in [5.74, 6) is -0.248. The lowest BCUT2D eigenvalue weighted by Crippen LogP contribution is -2.44. The summed E-state index contributed by atoms with van der Waals surface area (Å²) in [6.45, 7) is 5.12. The Morgan fingerprint density at radius 2 is 1.81 bits per heavy atom. The summed E-state index contributed by atoms with van der Waals surface area (Å²) in [5, 5.41) is 13.9. The molecule has 0 radical (unpaired) electrons. The van der Waals surface area contributed by atoms with E-state index in [4.69, 9.17) is 21.1 Å². The van der Waals surface area contributed by atoms with Crippen LogP contribution in [0.25, 0.3) is 10.8 Å². The number of carbonyl (C=O) groups is 2. The Balaban J connectivity index is 1.71. The number of carboxylic acids is 1. The molecule has 1 amide bonds. The van der Waals surface area contributed by atoms with Crippen LogP contribution in [0.5, 0.6) is 11.6 Å². The molecule has 2 aromatic carbocycles. The molecule has 0 bridgehead atoms. The molecule has 7 nitrogen and oxygen atoms in total. The molecule has 1 aromatic heterocycles. The van der Waals surface area contributed by atoms with Gasteiger partial charge in [-0.1, -0.05) is 41.9 Å². The van der Waals surface area contributed by atoms with Gasteiger partial charge in [0.25, 0.3) is 0 Å². The molecular weight excluding hydrogens is 420 g/mol. The molecular formula is C23H23ClN2O5. The lowest BCUT2D eigenvalue weighted by atomic mass is 10.1. The van der Waals surface area contributed by atoms with E-state index in [9.17, 15) is 14.7 Å². The second kappa shape index (κ2) is 9.22. The van der Waals surface area contributed by atoms with E-state index in [0.29, 0.717) is 22.3 Å². The number of benzene rings is 2. The number of carboxylic acid groups (broad SMARTS) is 1. The molecule has 0 aliphatic carbocycles. The number of nitrogens with zero attached hydrogens (tertiary/aromatic N) is 1. The van der Waals surface area contributed by atoms with Crippen molar-refractivity contribution in [2.75, 3.05) is 0 Å². The fourth-order valence-corrected chi connectivity index (χ4v) is 3.10. The summed E-state index contributed by atoms with van der Waals surface area (Å²) in [7, 11) is 0. The molecule has 162 valence electrons. The van der Waals surface area contributed by atoms with Crippen LogP contribution in [0.4, 0.5) is 4.79 Å². The Morgan fingerprint density at radius 1 is 1.13 bits per heavy atom. The van der Waals surface area contributed by atoms with Crippen LogP contribution < -0.4 is 10.1 Å². The number of nitrogens with one attached hydrogen (secondary N) is 1. The van der Waals surface area contributed by atoms with Crippen molar-refractivity contribution in [2.24, 2.45) is 0 Å². The number of fused-ring (bicyclic) bond motifs is 1. The first-order chi connectivity index (χ1) is 14.6. The minimum Gasteiger partial charge on any atom is -0.480 e. The van der Waals surface area contributed by atoms with Crippen LogP contribution in [0, 0.1) is 0 Å². The Bertz CT molecular complexity index is 1090. The first-order valence-corrected chi connectivity index (χ1v) is 10.0. The van der Waals surface area contributed by atoms with Crippen LogP contribution in [-0.2, 0) is 16.0 Å². The minimum atomic E-state index is -1.15. The van der Waals surface area contributed by atoms with Crippen molar-refractivity contribution in [3.8, 4) is 11.6 Å². The highest BCUT2D eigenvalue weighted by Gasteiger charge is 2.24. The van der Waals surface area contributed by atoms with Gasteiger partial charge in [-0.2, -0.15) is 0 Å². The van der Waals surface area contributed by atoms with Gasteiger partial charge in [-0.05, 0) is 56.0 Å². The molecule has 8 heteroatoms. The number of aliphatic carboxylic acids is 1. The van der Waals surface area contributed by atoms with Crippen molar-refractivity contribution in [1.29, 1.82) is 0 Å². The molecule has 0 unspecified atom stereocenters. The second-order valence-corrected chi connectivity index (χ2v) is 8.35. The van der Waals surface area contributed by atoms with Crippen molar-refractivity contribution in [1.82, 2.24) is 10.3 Å². The van der Waals surface area contributed by atoms with Crippen LogP contribution >= 0.6 is 11.6 Å². The third-order valence-electron chi connectivity index (χ3n) is 4.24. The number of hydrogen-bond acceptors (Lipinski definition) is 5. The van der Waals surface area contributed by atoms with Gasteiger partial charge in [0, 0.05) is 11.8 Å². The summed E-state index contributed by atoms with van der Waals surface area (Å²) in [4.78, 5) is 27.7. The SMILES string of the molecule is CC(C)(C)OC(=O)N[C@@H](Cc1ccc(Oc2nc(Cl)cc3ccccc23)cc1)C(=O)O. The Morgan fingerprint density at radius 3 is 2.45 bits per heavy atom. The van der Waals surface area contributed by atoms with Crippen LogP contribution in [0.15, 0.2) is 54.6 Å². The average Bonchev–Trinajstić information content (AvgIpc) is 2.67. The summed E-state index contributed by atoms with van der Waals surface area (Å²) in [6, 6.07) is 15.1. The molecule has 1 atom stereocenters. The van der Waals surface area contributed by atoms with Gasteiger partial charge in [0.15, 0.2) is 0 Å². The van der Waals surface area contributed by atoms with Crippen molar-refractivity contribution in [2.45, 2.75) is 38.8 Å². The zero-order chi connectivity index (χ0) is 22.6. The highest BCUT2D eigenvalue weighted by Crippen LogP contribution is 2.30. The van der Waals surface area contributed by atoms with Gasteiger partial charge in [0.05, 0.1) is 0 Å². The maximum atomic E-state index is 11.9. The number of rotatable bonds is 6. The van der Waals surface area contributed by atoms with Crippen LogP contribution in [0.2, 0.25) is 5.15 Å². The van der Waals surface area contributed by atoms with E-state index in [0.717, 1.165) is 10.8 Å². The van der Waals surface area contributed by atoms with E-state index in [2.05, 4.69) is 10.3 Å². The number of pyridine rings is 1. The highest BCUT2D eigenvalue weighted by molar-refractivity contribution is 6.30. The third kappa shape index (κ3) is 6.33. The van der Waals surface area contributed by atoms with Gasteiger partial charge in [-0.25, -0.2) is 14.6 Å². The number of aromatic nitrogens is 1. The summed E-state index contributed by atoms with van der Waals surface area (Å²) in [5.41, 5.74) is -0.00952. The molecule has 0 saturated carbocycles. The summed E-state index contributed by atoms with van der Waals surface area (Å²) in [6.07, 6.45) is -0.688. The predicted octanol–water partition coefficient (Wildman–Crippen LogP) is 5.20. The molecule has 3 aromatic rings. The van der Waals surface area contributed by atoms with Crippen molar-refractivity contribution in [3.05, 3.63) is 65.3 Å². The largest absolute Gasteiger partial charge is 0.480 e. The van der Waals surface area contributed by atoms with Gasteiger partial charge < -0.3 is 19.9 Å². The maximum absolute atomic E-state index is 11.9.